The molecule has 0 aliphatic rings. The van der Waals surface area contributed by atoms with Crippen LogP contribution < -0.4 is 15.4 Å². The van der Waals surface area contributed by atoms with Gasteiger partial charge in [-0.15, -0.1) is 0 Å². The van der Waals surface area contributed by atoms with Crippen molar-refractivity contribution in [3.05, 3.63) is 59.7 Å². The summed E-state index contributed by atoms with van der Waals surface area (Å²) >= 11 is 5.06. The molecule has 0 atom stereocenters. The van der Waals surface area contributed by atoms with E-state index in [0.29, 0.717) is 6.54 Å². The summed E-state index contributed by atoms with van der Waals surface area (Å²) in [6.45, 7) is 4.35. The molecule has 0 aliphatic carbocycles. The number of rotatable bonds is 5. The molecular formula is C17H18F2N2OS. The predicted octanol–water partition coefficient (Wildman–Crippen LogP) is 4.24. The Morgan fingerprint density at radius 2 is 1.70 bits per heavy atom. The van der Waals surface area contributed by atoms with Crippen molar-refractivity contribution in [2.75, 3.05) is 5.32 Å². The summed E-state index contributed by atoms with van der Waals surface area (Å²) in [5, 5.41) is 5.59. The topological polar surface area (TPSA) is 33.3 Å². The monoisotopic (exact) mass is 336 g/mol. The van der Waals surface area contributed by atoms with Crippen LogP contribution in [0, 0.1) is 11.6 Å². The first-order valence-electron chi connectivity index (χ1n) is 7.20. The summed E-state index contributed by atoms with van der Waals surface area (Å²) in [4.78, 5) is 0. The van der Waals surface area contributed by atoms with Crippen molar-refractivity contribution in [2.45, 2.75) is 26.5 Å². The molecule has 0 amide bonds. The van der Waals surface area contributed by atoms with E-state index in [0.717, 1.165) is 11.3 Å². The number of ether oxygens (including phenoxy) is 1. The predicted molar refractivity (Wildman–Crippen MR) is 91.6 cm³/mol. The van der Waals surface area contributed by atoms with Crippen LogP contribution in [0.1, 0.15) is 19.4 Å². The van der Waals surface area contributed by atoms with Gasteiger partial charge in [-0.1, -0.05) is 18.2 Å². The van der Waals surface area contributed by atoms with Crippen molar-refractivity contribution < 1.29 is 13.5 Å². The molecule has 0 saturated heterocycles. The molecule has 2 N–H and O–H groups in total. The largest absolute Gasteiger partial charge is 0.491 e. The van der Waals surface area contributed by atoms with E-state index in [2.05, 4.69) is 10.6 Å². The average molecular weight is 336 g/mol. The van der Waals surface area contributed by atoms with E-state index in [4.69, 9.17) is 17.0 Å². The van der Waals surface area contributed by atoms with Gasteiger partial charge >= 0.3 is 0 Å². The number of hydrogen-bond donors (Lipinski definition) is 2. The Bertz CT molecular complexity index is 655. The number of nitrogens with one attached hydrogen (secondary N) is 2. The minimum atomic E-state index is -0.690. The molecule has 0 aromatic heterocycles. The van der Waals surface area contributed by atoms with Crippen LogP contribution in [0.5, 0.6) is 5.75 Å². The van der Waals surface area contributed by atoms with Gasteiger partial charge in [0, 0.05) is 6.54 Å². The molecule has 2 aromatic carbocycles. The number of para-hydroxylation sites is 1. The molecule has 0 fully saturated rings. The molecule has 0 heterocycles. The van der Waals surface area contributed by atoms with Crippen molar-refractivity contribution in [3.8, 4) is 5.75 Å². The zero-order valence-electron chi connectivity index (χ0n) is 12.9. The van der Waals surface area contributed by atoms with Gasteiger partial charge in [-0.3, -0.25) is 0 Å². The van der Waals surface area contributed by atoms with Crippen LogP contribution in [0.2, 0.25) is 0 Å². The van der Waals surface area contributed by atoms with Crippen molar-refractivity contribution in [1.82, 2.24) is 5.32 Å². The van der Waals surface area contributed by atoms with Gasteiger partial charge in [-0.25, -0.2) is 8.78 Å². The van der Waals surface area contributed by atoms with Crippen molar-refractivity contribution in [2.24, 2.45) is 0 Å². The van der Waals surface area contributed by atoms with E-state index in [1.54, 1.807) is 0 Å². The molecule has 0 radical (unpaired) electrons. The number of anilines is 1. The van der Waals surface area contributed by atoms with Gasteiger partial charge in [0.2, 0.25) is 0 Å². The number of hydrogen-bond acceptors (Lipinski definition) is 2. The minimum Gasteiger partial charge on any atom is -0.491 e. The third-order valence-corrected chi connectivity index (χ3v) is 3.20. The smallest absolute Gasteiger partial charge is 0.171 e. The lowest BCUT2D eigenvalue weighted by atomic mass is 10.2. The number of thiocarbonyl (C=S) groups is 1. The fourth-order valence-electron chi connectivity index (χ4n) is 1.92. The van der Waals surface area contributed by atoms with Crippen LogP contribution in [0.25, 0.3) is 0 Å². The van der Waals surface area contributed by atoms with E-state index in [-0.39, 0.29) is 16.9 Å². The fraction of sp³-hybridized carbons (Fsp3) is 0.235. The van der Waals surface area contributed by atoms with Gasteiger partial charge < -0.3 is 15.4 Å². The zero-order chi connectivity index (χ0) is 16.8. The van der Waals surface area contributed by atoms with Crippen LogP contribution in [-0.2, 0) is 6.54 Å². The van der Waals surface area contributed by atoms with Gasteiger partial charge in [0.05, 0.1) is 6.10 Å². The molecule has 3 nitrogen and oxygen atoms in total. The maximum absolute atomic E-state index is 13.5. The maximum Gasteiger partial charge on any atom is 0.171 e. The van der Waals surface area contributed by atoms with Crippen LogP contribution in [-0.4, -0.2) is 11.2 Å². The first-order valence-corrected chi connectivity index (χ1v) is 7.61. The first kappa shape index (κ1) is 17.1. The lowest BCUT2D eigenvalue weighted by Crippen LogP contribution is -2.28. The van der Waals surface area contributed by atoms with E-state index in [1.807, 2.05) is 38.1 Å². The maximum atomic E-state index is 13.5. The van der Waals surface area contributed by atoms with Crippen molar-refractivity contribution >= 4 is 23.0 Å². The van der Waals surface area contributed by atoms with E-state index >= 15 is 0 Å². The average Bonchev–Trinajstić information content (AvgIpc) is 2.50. The number of benzene rings is 2. The molecule has 0 unspecified atom stereocenters. The van der Waals surface area contributed by atoms with Crippen LogP contribution in [0.4, 0.5) is 14.5 Å². The summed E-state index contributed by atoms with van der Waals surface area (Å²) in [7, 11) is 0. The zero-order valence-corrected chi connectivity index (χ0v) is 13.7. The normalized spacial score (nSPS) is 10.5. The summed E-state index contributed by atoms with van der Waals surface area (Å²) < 4.78 is 32.6. The molecule has 0 aliphatic heterocycles. The van der Waals surface area contributed by atoms with Crippen LogP contribution in [0.15, 0.2) is 42.5 Å². The van der Waals surface area contributed by atoms with E-state index in [9.17, 15) is 8.78 Å². The molecule has 122 valence electrons. The highest BCUT2D eigenvalue weighted by molar-refractivity contribution is 7.80. The lowest BCUT2D eigenvalue weighted by molar-refractivity contribution is 0.242. The summed E-state index contributed by atoms with van der Waals surface area (Å²) in [6.07, 6.45) is 0.117. The second kappa shape index (κ2) is 7.87. The van der Waals surface area contributed by atoms with Gasteiger partial charge in [0.1, 0.15) is 23.1 Å². The van der Waals surface area contributed by atoms with Gasteiger partial charge in [0.25, 0.3) is 0 Å². The standard InChI is InChI=1S/C17H18F2N2OS/c1-11(2)22-13-8-6-12(7-9-13)10-20-17(23)21-16-14(18)4-3-5-15(16)19/h3-9,11H,10H2,1-2H3,(H2,20,21,23). The van der Waals surface area contributed by atoms with Gasteiger partial charge in [-0.2, -0.15) is 0 Å². The minimum absolute atomic E-state index is 0.117. The van der Waals surface area contributed by atoms with E-state index in [1.165, 1.54) is 18.2 Å². The third kappa shape index (κ3) is 5.17. The van der Waals surface area contributed by atoms with Crippen molar-refractivity contribution in [3.63, 3.8) is 0 Å². The lowest BCUT2D eigenvalue weighted by Gasteiger charge is -2.13. The highest BCUT2D eigenvalue weighted by Crippen LogP contribution is 2.18. The third-order valence-electron chi connectivity index (χ3n) is 2.95. The molecule has 0 bridgehead atoms. The Balaban J connectivity index is 1.89. The Morgan fingerprint density at radius 1 is 1.09 bits per heavy atom. The van der Waals surface area contributed by atoms with E-state index < -0.39 is 11.6 Å². The SMILES string of the molecule is CC(C)Oc1ccc(CNC(=S)Nc2c(F)cccc2F)cc1. The quantitative estimate of drug-likeness (QED) is 0.800. The highest BCUT2D eigenvalue weighted by Gasteiger charge is 2.09. The molecule has 6 heteroatoms. The first-order chi connectivity index (χ1) is 11.0. The van der Waals surface area contributed by atoms with Crippen LogP contribution in [0.3, 0.4) is 0 Å². The van der Waals surface area contributed by atoms with Gasteiger partial charge in [-0.05, 0) is 55.9 Å². The molecule has 0 saturated carbocycles. The molecule has 23 heavy (non-hydrogen) atoms. The second-order valence-electron chi connectivity index (χ2n) is 5.21. The Morgan fingerprint density at radius 3 is 2.26 bits per heavy atom. The molecule has 2 rings (SSSR count). The second-order valence-corrected chi connectivity index (χ2v) is 5.62. The van der Waals surface area contributed by atoms with Crippen LogP contribution >= 0.6 is 12.2 Å². The summed E-state index contributed by atoms with van der Waals surface area (Å²) in [6, 6.07) is 11.2. The summed E-state index contributed by atoms with van der Waals surface area (Å²) in [5.41, 5.74) is 0.713. The summed E-state index contributed by atoms with van der Waals surface area (Å²) in [5.74, 6) is -0.591. The Labute approximate surface area is 139 Å². The number of halogens is 2. The molecular weight excluding hydrogens is 318 g/mol. The Hall–Kier alpha value is -2.21. The molecule has 2 aromatic rings. The fourth-order valence-corrected chi connectivity index (χ4v) is 2.09. The van der Waals surface area contributed by atoms with Gasteiger partial charge in [0.15, 0.2) is 5.11 Å². The highest BCUT2D eigenvalue weighted by atomic mass is 32.1. The van der Waals surface area contributed by atoms with Crippen molar-refractivity contribution in [1.29, 1.82) is 0 Å². The molecule has 0 spiro atoms. The Kier molecular flexibility index (Phi) is 5.87.